The van der Waals surface area contributed by atoms with Crippen LogP contribution >= 0.6 is 0 Å². The summed E-state index contributed by atoms with van der Waals surface area (Å²) < 4.78 is 1.99. The summed E-state index contributed by atoms with van der Waals surface area (Å²) in [7, 11) is 0. The molecule has 1 saturated heterocycles. The van der Waals surface area contributed by atoms with Gasteiger partial charge >= 0.3 is 0 Å². The maximum absolute atomic E-state index is 13.1. The zero-order valence-electron chi connectivity index (χ0n) is 18.6. The highest BCUT2D eigenvalue weighted by molar-refractivity contribution is 5.90. The Morgan fingerprint density at radius 3 is 2.56 bits per heavy atom. The highest BCUT2D eigenvalue weighted by atomic mass is 16.3. The Kier molecular flexibility index (Phi) is 5.04. The second-order valence-electron chi connectivity index (χ2n) is 8.77. The third kappa shape index (κ3) is 3.48. The molecule has 3 aromatic rings. The number of rotatable bonds is 7. The van der Waals surface area contributed by atoms with Crippen LogP contribution in [0.25, 0.3) is 22.6 Å². The zero-order valence-corrected chi connectivity index (χ0v) is 18.6. The Labute approximate surface area is 186 Å². The highest BCUT2D eigenvalue weighted by Crippen LogP contribution is 2.44. The maximum Gasteiger partial charge on any atom is 0.245 e. The van der Waals surface area contributed by atoms with Gasteiger partial charge in [0.2, 0.25) is 5.91 Å². The van der Waals surface area contributed by atoms with Crippen molar-refractivity contribution in [3.8, 4) is 11.4 Å². The first kappa shape index (κ1) is 20.7. The monoisotopic (exact) mass is 436 g/mol. The van der Waals surface area contributed by atoms with Crippen LogP contribution in [0, 0.1) is 12.8 Å². The van der Waals surface area contributed by atoms with Crippen molar-refractivity contribution in [3.05, 3.63) is 24.5 Å². The number of hydrogen-bond donors (Lipinski definition) is 2. The lowest BCUT2D eigenvalue weighted by Gasteiger charge is -2.48. The van der Waals surface area contributed by atoms with E-state index in [0.717, 1.165) is 18.4 Å². The van der Waals surface area contributed by atoms with Crippen LogP contribution in [0.3, 0.4) is 0 Å². The molecule has 1 aliphatic carbocycles. The van der Waals surface area contributed by atoms with E-state index >= 15 is 0 Å². The molecule has 1 aliphatic heterocycles. The minimum absolute atomic E-state index is 0.0216. The van der Waals surface area contributed by atoms with Crippen LogP contribution in [-0.4, -0.2) is 70.1 Å². The molecule has 2 N–H and O–H groups in total. The van der Waals surface area contributed by atoms with Crippen LogP contribution < -0.4 is 5.32 Å². The van der Waals surface area contributed by atoms with Crippen molar-refractivity contribution in [3.63, 3.8) is 0 Å². The molecule has 32 heavy (non-hydrogen) atoms. The highest BCUT2D eigenvalue weighted by Gasteiger charge is 2.53. The summed E-state index contributed by atoms with van der Waals surface area (Å²) in [6, 6.07) is -0.449. The quantitative estimate of drug-likeness (QED) is 0.575. The van der Waals surface area contributed by atoms with Gasteiger partial charge in [-0.3, -0.25) is 4.79 Å². The average molecular weight is 437 g/mol. The van der Waals surface area contributed by atoms with Crippen molar-refractivity contribution in [1.29, 1.82) is 0 Å². The zero-order chi connectivity index (χ0) is 22.5. The molecule has 168 valence electrons. The number of aromatic nitrogens is 6. The number of β-amino-alcohol motifs (C(OH)–C–C–N with tert-alkyl or cyclic N) is 1. The lowest BCUT2D eigenvalue weighted by atomic mass is 9.88. The van der Waals surface area contributed by atoms with Crippen molar-refractivity contribution >= 4 is 22.9 Å². The van der Waals surface area contributed by atoms with Crippen molar-refractivity contribution in [2.24, 2.45) is 5.92 Å². The predicted octanol–water partition coefficient (Wildman–Crippen LogP) is 1.79. The minimum Gasteiger partial charge on any atom is -0.386 e. The van der Waals surface area contributed by atoms with Crippen LogP contribution in [0.5, 0.6) is 0 Å². The van der Waals surface area contributed by atoms with E-state index in [1.165, 1.54) is 6.33 Å². The van der Waals surface area contributed by atoms with Crippen LogP contribution in [-0.2, 0) is 11.3 Å². The maximum atomic E-state index is 13.1. The van der Waals surface area contributed by atoms with Crippen LogP contribution in [0.2, 0.25) is 0 Å². The van der Waals surface area contributed by atoms with Crippen LogP contribution in [0.4, 0.5) is 5.82 Å². The topological polar surface area (TPSA) is 122 Å². The Balaban J connectivity index is 1.42. The molecule has 0 spiro atoms. The lowest BCUT2D eigenvalue weighted by molar-refractivity contribution is -0.160. The first-order valence-corrected chi connectivity index (χ1v) is 11.2. The third-order valence-corrected chi connectivity index (χ3v) is 6.48. The summed E-state index contributed by atoms with van der Waals surface area (Å²) in [5.41, 5.74) is 1.40. The van der Waals surface area contributed by atoms with Gasteiger partial charge in [-0.25, -0.2) is 24.9 Å². The molecule has 10 nitrogen and oxygen atoms in total. The largest absolute Gasteiger partial charge is 0.386 e. The Bertz CT molecular complexity index is 1150. The molecule has 0 unspecified atom stereocenters. The van der Waals surface area contributed by atoms with Gasteiger partial charge in [0, 0.05) is 18.9 Å². The summed E-state index contributed by atoms with van der Waals surface area (Å²) in [4.78, 5) is 37.0. The summed E-state index contributed by atoms with van der Waals surface area (Å²) in [6.07, 6.45) is 7.69. The number of amides is 1. The van der Waals surface area contributed by atoms with Crippen molar-refractivity contribution in [2.75, 3.05) is 18.4 Å². The number of aliphatic hydroxyl groups is 1. The molecule has 2 aliphatic rings. The van der Waals surface area contributed by atoms with E-state index in [1.54, 1.807) is 17.3 Å². The Morgan fingerprint density at radius 2 is 1.94 bits per heavy atom. The van der Waals surface area contributed by atoms with Gasteiger partial charge in [-0.15, -0.1) is 0 Å². The van der Waals surface area contributed by atoms with Gasteiger partial charge in [-0.2, -0.15) is 0 Å². The number of imidazole rings is 1. The summed E-state index contributed by atoms with van der Waals surface area (Å²) >= 11 is 0. The van der Waals surface area contributed by atoms with Gasteiger partial charge < -0.3 is 19.9 Å². The molecule has 3 aromatic heterocycles. The number of aryl methyl sites for hydroxylation is 2. The molecule has 0 bridgehead atoms. The van der Waals surface area contributed by atoms with Crippen molar-refractivity contribution < 1.29 is 9.90 Å². The predicted molar refractivity (Wildman–Crippen MR) is 119 cm³/mol. The smallest absolute Gasteiger partial charge is 0.245 e. The van der Waals surface area contributed by atoms with Crippen molar-refractivity contribution in [2.45, 2.75) is 58.2 Å². The first-order chi connectivity index (χ1) is 15.4. The molecule has 1 atom stereocenters. The number of likely N-dealkylation sites (tertiary alicyclic amines) is 1. The number of anilines is 1. The number of fused-ring (bicyclic) bond motifs is 1. The van der Waals surface area contributed by atoms with Gasteiger partial charge in [0.05, 0.1) is 18.7 Å². The molecular formula is C22H28N8O2. The van der Waals surface area contributed by atoms with E-state index in [1.807, 2.05) is 25.3 Å². The van der Waals surface area contributed by atoms with Crippen LogP contribution in [0.1, 0.15) is 38.9 Å². The number of nitrogens with one attached hydrogen (secondary N) is 1. The minimum atomic E-state index is -0.693. The van der Waals surface area contributed by atoms with E-state index in [9.17, 15) is 9.90 Å². The fourth-order valence-electron chi connectivity index (χ4n) is 4.44. The second kappa shape index (κ2) is 7.77. The summed E-state index contributed by atoms with van der Waals surface area (Å²) in [5.74, 6) is 2.26. The third-order valence-electron chi connectivity index (χ3n) is 6.48. The fourth-order valence-corrected chi connectivity index (χ4v) is 4.44. The molecular weight excluding hydrogens is 408 g/mol. The number of hydrogen-bond acceptors (Lipinski definition) is 8. The molecule has 1 amide bonds. The van der Waals surface area contributed by atoms with Crippen molar-refractivity contribution in [1.82, 2.24) is 34.4 Å². The number of nitrogens with zero attached hydrogens (tertiary/aromatic N) is 7. The first-order valence-electron chi connectivity index (χ1n) is 11.2. The molecule has 0 radical (unpaired) electrons. The molecule has 10 heteroatoms. The van der Waals surface area contributed by atoms with E-state index in [2.05, 4.69) is 25.3 Å². The van der Waals surface area contributed by atoms with Gasteiger partial charge in [0.25, 0.3) is 0 Å². The molecule has 2 fully saturated rings. The fraction of sp³-hybridized carbons (Fsp3) is 0.545. The number of carbonyl (C=O) groups excluding carboxylic acids is 1. The lowest BCUT2D eigenvalue weighted by Crippen LogP contribution is -2.66. The molecule has 1 saturated carbocycles. The number of carbonyl (C=O) groups is 1. The average Bonchev–Trinajstić information content (AvgIpc) is 3.56. The molecule has 4 heterocycles. The van der Waals surface area contributed by atoms with E-state index in [0.29, 0.717) is 60.6 Å². The van der Waals surface area contributed by atoms with Gasteiger partial charge in [-0.1, -0.05) is 6.92 Å². The second-order valence-corrected chi connectivity index (χ2v) is 8.77. The van der Waals surface area contributed by atoms with E-state index in [4.69, 9.17) is 4.98 Å². The van der Waals surface area contributed by atoms with E-state index in [-0.39, 0.29) is 5.91 Å². The summed E-state index contributed by atoms with van der Waals surface area (Å²) in [5, 5.41) is 13.9. The SMILES string of the molecule is CC[C@H](Nc1ncnc2c1nc(-c1cnc(C)nc1)n2CC)C(=O)N1CC(O)(C2CC2)C1. The molecule has 0 aromatic carbocycles. The molecule has 5 rings (SSSR count). The Hall–Kier alpha value is -3.14. The van der Waals surface area contributed by atoms with Gasteiger partial charge in [-0.05, 0) is 39.0 Å². The van der Waals surface area contributed by atoms with Crippen LogP contribution in [0.15, 0.2) is 18.7 Å². The summed E-state index contributed by atoms with van der Waals surface area (Å²) in [6.45, 7) is 7.32. The van der Waals surface area contributed by atoms with E-state index < -0.39 is 11.6 Å². The standard InChI is InChI=1S/C22H28N8O2/c1-4-16(21(31)29-10-22(32,11-29)15-6-7-15)27-18-17-20(26-12-25-18)30(5-2)19(28-17)14-8-23-13(3)24-9-14/h8-9,12,15-16,32H,4-7,10-11H2,1-3H3,(H,25,26,27)/t16-/m0/s1. The van der Waals surface area contributed by atoms with Gasteiger partial charge in [0.15, 0.2) is 17.0 Å². The van der Waals surface area contributed by atoms with Gasteiger partial charge in [0.1, 0.15) is 29.6 Å². The Morgan fingerprint density at radius 1 is 1.22 bits per heavy atom. The normalized spacial score (nSPS) is 18.4.